The van der Waals surface area contributed by atoms with Gasteiger partial charge in [-0.3, -0.25) is 4.98 Å². The van der Waals surface area contributed by atoms with Crippen LogP contribution in [-0.4, -0.2) is 26.7 Å². The first kappa shape index (κ1) is 16.6. The van der Waals surface area contributed by atoms with E-state index in [4.69, 9.17) is 14.5 Å². The number of nitrogens with one attached hydrogen (secondary N) is 1. The number of hydrogen-bond acceptors (Lipinski definition) is 8. The molecule has 4 heterocycles. The van der Waals surface area contributed by atoms with Gasteiger partial charge in [-0.1, -0.05) is 6.07 Å². The van der Waals surface area contributed by atoms with Gasteiger partial charge in [-0.05, 0) is 35.4 Å². The normalized spacial score (nSPS) is 12.1. The summed E-state index contributed by atoms with van der Waals surface area (Å²) < 4.78 is 10.9. The molecule has 3 aromatic heterocycles. The minimum absolute atomic E-state index is 0.243. The number of rotatable bonds is 5. The summed E-state index contributed by atoms with van der Waals surface area (Å²) in [7, 11) is 0. The molecule has 28 heavy (non-hydrogen) atoms. The second-order valence-corrected chi connectivity index (χ2v) is 6.96. The summed E-state index contributed by atoms with van der Waals surface area (Å²) >= 11 is 1.54. The molecule has 1 aliphatic rings. The van der Waals surface area contributed by atoms with Crippen LogP contribution in [0.3, 0.4) is 0 Å². The van der Waals surface area contributed by atoms with E-state index in [9.17, 15) is 0 Å². The maximum absolute atomic E-state index is 5.51. The highest BCUT2D eigenvalue weighted by molar-refractivity contribution is 7.13. The van der Waals surface area contributed by atoms with Gasteiger partial charge in [-0.25, -0.2) is 15.0 Å². The van der Waals surface area contributed by atoms with Gasteiger partial charge in [-0.2, -0.15) is 0 Å². The van der Waals surface area contributed by atoms with Crippen molar-refractivity contribution in [2.24, 2.45) is 0 Å². The third-order valence-electron chi connectivity index (χ3n) is 4.31. The number of anilines is 1. The summed E-state index contributed by atoms with van der Waals surface area (Å²) in [6.07, 6.45) is 7.12. The zero-order valence-electron chi connectivity index (χ0n) is 14.7. The first-order chi connectivity index (χ1) is 13.9. The highest BCUT2D eigenvalue weighted by Gasteiger charge is 2.18. The molecule has 8 heteroatoms. The molecule has 5 rings (SSSR count). The maximum atomic E-state index is 5.51. The summed E-state index contributed by atoms with van der Waals surface area (Å²) in [6.45, 7) is 0.857. The zero-order chi connectivity index (χ0) is 18.8. The molecule has 1 N–H and O–H groups in total. The molecule has 0 spiro atoms. The second kappa shape index (κ2) is 7.24. The summed E-state index contributed by atoms with van der Waals surface area (Å²) in [6, 6.07) is 9.74. The van der Waals surface area contributed by atoms with Crippen molar-refractivity contribution in [1.29, 1.82) is 0 Å². The Morgan fingerprint density at radius 3 is 2.75 bits per heavy atom. The number of ether oxygens (including phenoxy) is 2. The third-order valence-corrected chi connectivity index (χ3v) is 5.09. The van der Waals surface area contributed by atoms with E-state index in [-0.39, 0.29) is 6.79 Å². The van der Waals surface area contributed by atoms with Gasteiger partial charge < -0.3 is 14.8 Å². The fraction of sp³-hybridized carbons (Fsp3) is 0.100. The van der Waals surface area contributed by atoms with Crippen LogP contribution in [0.1, 0.15) is 5.56 Å². The van der Waals surface area contributed by atoms with Crippen molar-refractivity contribution in [3.63, 3.8) is 0 Å². The van der Waals surface area contributed by atoms with E-state index in [0.29, 0.717) is 12.5 Å². The molecule has 1 aromatic carbocycles. The fourth-order valence-corrected chi connectivity index (χ4v) is 3.57. The van der Waals surface area contributed by atoms with E-state index in [1.54, 1.807) is 29.9 Å². The number of fused-ring (bicyclic) bond motifs is 1. The zero-order valence-corrected chi connectivity index (χ0v) is 15.5. The smallest absolute Gasteiger partial charge is 0.231 e. The Kier molecular flexibility index (Phi) is 4.30. The highest BCUT2D eigenvalue weighted by atomic mass is 32.1. The van der Waals surface area contributed by atoms with E-state index in [1.165, 1.54) is 0 Å². The average Bonchev–Trinajstić information content (AvgIpc) is 3.44. The molecule has 0 saturated carbocycles. The number of thiazole rings is 1. The minimum Gasteiger partial charge on any atom is -0.454 e. The van der Waals surface area contributed by atoms with E-state index in [0.717, 1.165) is 38.9 Å². The molecule has 0 radical (unpaired) electrons. The number of hydrogen-bond donors (Lipinski definition) is 1. The largest absolute Gasteiger partial charge is 0.454 e. The third kappa shape index (κ3) is 3.25. The topological polar surface area (TPSA) is 82.1 Å². The van der Waals surface area contributed by atoms with Crippen molar-refractivity contribution in [3.05, 3.63) is 66.1 Å². The van der Waals surface area contributed by atoms with Crippen LogP contribution in [0.5, 0.6) is 11.5 Å². The lowest BCUT2D eigenvalue weighted by Crippen LogP contribution is -2.05. The first-order valence-electron chi connectivity index (χ1n) is 8.66. The molecule has 0 fully saturated rings. The number of aromatic nitrogens is 4. The van der Waals surface area contributed by atoms with E-state index >= 15 is 0 Å². The van der Waals surface area contributed by atoms with Crippen LogP contribution in [0, 0.1) is 0 Å². The quantitative estimate of drug-likeness (QED) is 0.552. The summed E-state index contributed by atoms with van der Waals surface area (Å²) in [5.41, 5.74) is 3.73. The Morgan fingerprint density at radius 2 is 1.89 bits per heavy atom. The van der Waals surface area contributed by atoms with Gasteiger partial charge in [0.05, 0.1) is 0 Å². The van der Waals surface area contributed by atoms with Crippen molar-refractivity contribution in [1.82, 2.24) is 19.9 Å². The van der Waals surface area contributed by atoms with Crippen molar-refractivity contribution < 1.29 is 9.47 Å². The molecular weight excluding hydrogens is 374 g/mol. The molecule has 0 saturated heterocycles. The van der Waals surface area contributed by atoms with Crippen molar-refractivity contribution in [2.75, 3.05) is 12.1 Å². The summed E-state index contributed by atoms with van der Waals surface area (Å²) in [5, 5.41) is 6.04. The maximum Gasteiger partial charge on any atom is 0.231 e. The lowest BCUT2D eigenvalue weighted by molar-refractivity contribution is 0.174. The standard InChI is InChI=1S/C20H15N5O2S/c1-2-16-17(27-12-26-16)9-14(1)15-11-24-20(23-10-13-3-5-21-6-4-13)25-18(15)19-22-7-8-28-19/h1-9,11H,10,12H2,(H,23,24,25). The first-order valence-corrected chi connectivity index (χ1v) is 9.54. The molecule has 0 unspecified atom stereocenters. The molecule has 4 aromatic rings. The van der Waals surface area contributed by atoms with Gasteiger partial charge in [0.15, 0.2) is 11.5 Å². The summed E-state index contributed by atoms with van der Waals surface area (Å²) in [5.74, 6) is 2.02. The van der Waals surface area contributed by atoms with Crippen LogP contribution in [0.4, 0.5) is 5.95 Å². The van der Waals surface area contributed by atoms with Crippen LogP contribution in [0.15, 0.2) is 60.5 Å². The Labute approximate surface area is 165 Å². The predicted molar refractivity (Wildman–Crippen MR) is 106 cm³/mol. The molecule has 0 aliphatic carbocycles. The molecule has 1 aliphatic heterocycles. The molecular formula is C20H15N5O2S. The Bertz CT molecular complexity index is 1100. The van der Waals surface area contributed by atoms with E-state index < -0.39 is 0 Å². The van der Waals surface area contributed by atoms with Crippen LogP contribution >= 0.6 is 11.3 Å². The Morgan fingerprint density at radius 1 is 1.00 bits per heavy atom. The monoisotopic (exact) mass is 389 g/mol. The number of benzene rings is 1. The molecule has 0 amide bonds. The molecule has 0 bridgehead atoms. The second-order valence-electron chi connectivity index (χ2n) is 6.07. The van der Waals surface area contributed by atoms with E-state index in [2.05, 4.69) is 20.3 Å². The van der Waals surface area contributed by atoms with Gasteiger partial charge in [0.2, 0.25) is 12.7 Å². The van der Waals surface area contributed by atoms with Gasteiger partial charge in [0.1, 0.15) is 10.7 Å². The number of pyridine rings is 1. The van der Waals surface area contributed by atoms with Gasteiger partial charge >= 0.3 is 0 Å². The van der Waals surface area contributed by atoms with Gasteiger partial charge in [0.25, 0.3) is 0 Å². The van der Waals surface area contributed by atoms with Crippen LogP contribution < -0.4 is 14.8 Å². The minimum atomic E-state index is 0.243. The lowest BCUT2D eigenvalue weighted by atomic mass is 10.1. The SMILES string of the molecule is c1cc(CNc2ncc(-c3ccc4c(c3)OCO4)c(-c3nccs3)n2)ccn1. The van der Waals surface area contributed by atoms with Crippen LogP contribution in [0.25, 0.3) is 21.8 Å². The van der Waals surface area contributed by atoms with Crippen molar-refractivity contribution >= 4 is 17.3 Å². The predicted octanol–water partition coefficient (Wildman–Crippen LogP) is 4.00. The van der Waals surface area contributed by atoms with Crippen molar-refractivity contribution in [2.45, 2.75) is 6.54 Å². The van der Waals surface area contributed by atoms with Crippen LogP contribution in [0.2, 0.25) is 0 Å². The Hall–Kier alpha value is -3.52. The molecule has 0 atom stereocenters. The fourth-order valence-electron chi connectivity index (χ4n) is 2.93. The molecule has 7 nitrogen and oxygen atoms in total. The summed E-state index contributed by atoms with van der Waals surface area (Å²) in [4.78, 5) is 17.7. The van der Waals surface area contributed by atoms with E-state index in [1.807, 2.05) is 41.9 Å². The Balaban J connectivity index is 1.50. The average molecular weight is 389 g/mol. The van der Waals surface area contributed by atoms with Gasteiger partial charge in [-0.15, -0.1) is 11.3 Å². The lowest BCUT2D eigenvalue weighted by Gasteiger charge is -2.11. The van der Waals surface area contributed by atoms with Gasteiger partial charge in [0, 0.05) is 42.3 Å². The number of nitrogens with zero attached hydrogens (tertiary/aromatic N) is 4. The molecule has 138 valence electrons. The van der Waals surface area contributed by atoms with Crippen LogP contribution in [-0.2, 0) is 6.54 Å². The highest BCUT2D eigenvalue weighted by Crippen LogP contribution is 2.38. The van der Waals surface area contributed by atoms with Crippen molar-refractivity contribution in [3.8, 4) is 33.3 Å².